The Hall–Kier alpha value is -2.44. The van der Waals surface area contributed by atoms with Crippen molar-refractivity contribution in [1.82, 2.24) is 15.5 Å². The lowest BCUT2D eigenvalue weighted by atomic mass is 10.1. The molecule has 1 atom stereocenters. The molecular weight excluding hydrogens is 370 g/mol. The monoisotopic (exact) mass is 385 g/mol. The molecule has 3 rings (SSSR count). The van der Waals surface area contributed by atoms with Gasteiger partial charge in [0.25, 0.3) is 5.91 Å². The minimum absolute atomic E-state index is 0.120. The maximum absolute atomic E-state index is 12.4. The van der Waals surface area contributed by atoms with E-state index < -0.39 is 6.10 Å². The second-order valence-electron chi connectivity index (χ2n) is 5.31. The molecule has 0 aliphatic rings. The van der Waals surface area contributed by atoms with Gasteiger partial charge in [0.1, 0.15) is 0 Å². The highest BCUT2D eigenvalue weighted by Crippen LogP contribution is 2.21. The van der Waals surface area contributed by atoms with Gasteiger partial charge in [-0.15, -0.1) is 0 Å². The van der Waals surface area contributed by atoms with Crippen molar-refractivity contribution in [2.45, 2.75) is 6.10 Å². The smallest absolute Gasteiger partial charge is 0.255 e. The number of hydrogen-bond donors (Lipinski definition) is 3. The van der Waals surface area contributed by atoms with Gasteiger partial charge in [-0.3, -0.25) is 9.89 Å². The van der Waals surface area contributed by atoms with Crippen molar-refractivity contribution < 1.29 is 9.90 Å². The fourth-order valence-corrected chi connectivity index (χ4v) is 2.82. The zero-order valence-electron chi connectivity index (χ0n) is 12.7. The van der Waals surface area contributed by atoms with E-state index in [2.05, 4.69) is 31.4 Å². The van der Waals surface area contributed by atoms with Gasteiger partial charge in [0.2, 0.25) is 0 Å². The van der Waals surface area contributed by atoms with E-state index in [4.69, 9.17) is 0 Å². The number of aliphatic hydroxyl groups is 1. The average molecular weight is 386 g/mol. The van der Waals surface area contributed by atoms with Crippen molar-refractivity contribution in [3.05, 3.63) is 76.4 Å². The SMILES string of the molecule is O=C(NC[C@@H](O)c1cccc(Br)c1)c1cn[nH]c1-c1ccccc1. The van der Waals surface area contributed by atoms with E-state index in [9.17, 15) is 9.90 Å². The van der Waals surface area contributed by atoms with Gasteiger partial charge < -0.3 is 10.4 Å². The summed E-state index contributed by atoms with van der Waals surface area (Å²) in [5, 5.41) is 19.8. The molecule has 0 bridgehead atoms. The summed E-state index contributed by atoms with van der Waals surface area (Å²) in [4.78, 5) is 12.4. The molecular formula is C18H16BrN3O2. The number of amides is 1. The van der Waals surface area contributed by atoms with E-state index in [-0.39, 0.29) is 12.5 Å². The predicted octanol–water partition coefficient (Wildman–Crippen LogP) is 3.30. The lowest BCUT2D eigenvalue weighted by Gasteiger charge is -2.12. The molecule has 3 aromatic rings. The van der Waals surface area contributed by atoms with Crippen molar-refractivity contribution >= 4 is 21.8 Å². The molecule has 0 spiro atoms. The van der Waals surface area contributed by atoms with Gasteiger partial charge in [-0.05, 0) is 17.7 Å². The zero-order chi connectivity index (χ0) is 16.9. The number of nitrogens with zero attached hydrogens (tertiary/aromatic N) is 1. The minimum atomic E-state index is -0.779. The zero-order valence-corrected chi connectivity index (χ0v) is 14.3. The van der Waals surface area contributed by atoms with Gasteiger partial charge in [-0.25, -0.2) is 0 Å². The minimum Gasteiger partial charge on any atom is -0.387 e. The lowest BCUT2D eigenvalue weighted by molar-refractivity contribution is 0.0917. The number of carbonyl (C=O) groups is 1. The van der Waals surface area contributed by atoms with Crippen LogP contribution in [0.3, 0.4) is 0 Å². The first kappa shape index (κ1) is 16.4. The Balaban J connectivity index is 1.69. The van der Waals surface area contributed by atoms with Crippen LogP contribution in [0.5, 0.6) is 0 Å². The number of carbonyl (C=O) groups excluding carboxylic acids is 1. The van der Waals surface area contributed by atoms with Crippen LogP contribution in [0.15, 0.2) is 65.3 Å². The molecule has 0 aliphatic heterocycles. The summed E-state index contributed by atoms with van der Waals surface area (Å²) in [5.41, 5.74) is 2.72. The Morgan fingerprint density at radius 2 is 2.00 bits per heavy atom. The van der Waals surface area contributed by atoms with Crippen molar-refractivity contribution in [2.24, 2.45) is 0 Å². The number of halogens is 1. The number of hydrogen-bond acceptors (Lipinski definition) is 3. The van der Waals surface area contributed by atoms with Crippen LogP contribution in [-0.4, -0.2) is 27.8 Å². The number of aromatic nitrogens is 2. The topological polar surface area (TPSA) is 78.0 Å². The van der Waals surface area contributed by atoms with Crippen LogP contribution in [0, 0.1) is 0 Å². The molecule has 0 fully saturated rings. The summed E-state index contributed by atoms with van der Waals surface area (Å²) in [6, 6.07) is 16.9. The molecule has 5 nitrogen and oxygen atoms in total. The van der Waals surface area contributed by atoms with Crippen LogP contribution < -0.4 is 5.32 Å². The Labute approximate surface area is 147 Å². The molecule has 1 aromatic heterocycles. The van der Waals surface area contributed by atoms with Crippen LogP contribution in [0.1, 0.15) is 22.0 Å². The number of H-pyrrole nitrogens is 1. The predicted molar refractivity (Wildman–Crippen MR) is 95.5 cm³/mol. The molecule has 6 heteroatoms. The van der Waals surface area contributed by atoms with Gasteiger partial charge in [-0.2, -0.15) is 5.10 Å². The third kappa shape index (κ3) is 3.72. The van der Waals surface area contributed by atoms with Crippen molar-refractivity contribution in [2.75, 3.05) is 6.54 Å². The molecule has 2 aromatic carbocycles. The summed E-state index contributed by atoms with van der Waals surface area (Å²) in [5.74, 6) is -0.281. The van der Waals surface area contributed by atoms with Crippen LogP contribution in [0.4, 0.5) is 0 Å². The first-order chi connectivity index (χ1) is 11.6. The van der Waals surface area contributed by atoms with Gasteiger partial charge in [0.05, 0.1) is 23.6 Å². The van der Waals surface area contributed by atoms with Gasteiger partial charge in [0.15, 0.2) is 0 Å². The van der Waals surface area contributed by atoms with E-state index in [0.717, 1.165) is 15.6 Å². The Kier molecular flexibility index (Phi) is 5.08. The Morgan fingerprint density at radius 3 is 2.75 bits per heavy atom. The molecule has 1 amide bonds. The maximum Gasteiger partial charge on any atom is 0.255 e. The molecule has 0 saturated carbocycles. The number of rotatable bonds is 5. The fourth-order valence-electron chi connectivity index (χ4n) is 2.40. The third-order valence-corrected chi connectivity index (χ3v) is 4.13. The second kappa shape index (κ2) is 7.42. The van der Waals surface area contributed by atoms with Crippen LogP contribution in [0.2, 0.25) is 0 Å². The first-order valence-corrected chi connectivity index (χ1v) is 8.25. The highest BCUT2D eigenvalue weighted by molar-refractivity contribution is 9.10. The van der Waals surface area contributed by atoms with Crippen molar-refractivity contribution in [1.29, 1.82) is 0 Å². The van der Waals surface area contributed by atoms with Gasteiger partial charge >= 0.3 is 0 Å². The summed E-state index contributed by atoms with van der Waals surface area (Å²) < 4.78 is 0.881. The number of aliphatic hydroxyl groups excluding tert-OH is 1. The molecule has 0 radical (unpaired) electrons. The Morgan fingerprint density at radius 1 is 1.21 bits per heavy atom. The number of aromatic amines is 1. The highest BCUT2D eigenvalue weighted by atomic mass is 79.9. The standard InChI is InChI=1S/C18H16BrN3O2/c19-14-8-4-7-13(9-14)16(23)11-20-18(24)15-10-21-22-17(15)12-5-2-1-3-6-12/h1-10,16,23H,11H2,(H,20,24)(H,21,22)/t16-/m1/s1. The third-order valence-electron chi connectivity index (χ3n) is 3.64. The first-order valence-electron chi connectivity index (χ1n) is 7.45. The fraction of sp³-hybridized carbons (Fsp3) is 0.111. The summed E-state index contributed by atoms with van der Waals surface area (Å²) in [6.07, 6.45) is 0.710. The molecule has 24 heavy (non-hydrogen) atoms. The van der Waals surface area contributed by atoms with E-state index in [1.54, 1.807) is 0 Å². The van der Waals surface area contributed by atoms with E-state index in [1.165, 1.54) is 6.20 Å². The normalized spacial score (nSPS) is 11.9. The van der Waals surface area contributed by atoms with E-state index in [1.807, 2.05) is 54.6 Å². The second-order valence-corrected chi connectivity index (χ2v) is 6.22. The molecule has 122 valence electrons. The largest absolute Gasteiger partial charge is 0.387 e. The lowest BCUT2D eigenvalue weighted by Crippen LogP contribution is -2.28. The van der Waals surface area contributed by atoms with Gasteiger partial charge in [-0.1, -0.05) is 58.4 Å². The van der Waals surface area contributed by atoms with E-state index in [0.29, 0.717) is 11.3 Å². The van der Waals surface area contributed by atoms with Crippen LogP contribution >= 0.6 is 15.9 Å². The van der Waals surface area contributed by atoms with Crippen molar-refractivity contribution in [3.63, 3.8) is 0 Å². The summed E-state index contributed by atoms with van der Waals surface area (Å²) in [7, 11) is 0. The molecule has 0 aliphatic carbocycles. The summed E-state index contributed by atoms with van der Waals surface area (Å²) >= 11 is 3.37. The number of benzene rings is 2. The molecule has 0 unspecified atom stereocenters. The average Bonchev–Trinajstić information content (AvgIpc) is 3.10. The quantitative estimate of drug-likeness (QED) is 0.630. The van der Waals surface area contributed by atoms with Crippen LogP contribution in [-0.2, 0) is 0 Å². The van der Waals surface area contributed by atoms with Gasteiger partial charge in [0, 0.05) is 16.6 Å². The molecule has 3 N–H and O–H groups in total. The molecule has 1 heterocycles. The van der Waals surface area contributed by atoms with Crippen molar-refractivity contribution in [3.8, 4) is 11.3 Å². The molecule has 0 saturated heterocycles. The van der Waals surface area contributed by atoms with E-state index >= 15 is 0 Å². The number of nitrogens with one attached hydrogen (secondary N) is 2. The Bertz CT molecular complexity index is 833. The summed E-state index contributed by atoms with van der Waals surface area (Å²) in [6.45, 7) is 0.120. The maximum atomic E-state index is 12.4. The van der Waals surface area contributed by atoms with Crippen LogP contribution in [0.25, 0.3) is 11.3 Å². The highest BCUT2D eigenvalue weighted by Gasteiger charge is 2.16.